The molecular formula is C8H8N2O2. The summed E-state index contributed by atoms with van der Waals surface area (Å²) in [4.78, 5) is 4.08. The quantitative estimate of drug-likeness (QED) is 0.657. The molecule has 0 spiro atoms. The van der Waals surface area contributed by atoms with Crippen molar-refractivity contribution >= 4 is 11.1 Å². The second-order valence-electron chi connectivity index (χ2n) is 2.43. The molecule has 2 aromatic heterocycles. The molecule has 2 rings (SSSR count). The second-order valence-corrected chi connectivity index (χ2v) is 2.43. The molecule has 0 fully saturated rings. The van der Waals surface area contributed by atoms with Gasteiger partial charge in [0.05, 0.1) is 6.54 Å². The number of nitrogens with one attached hydrogen (secondary N) is 1. The number of hydrogen-bond donors (Lipinski definition) is 2. The number of rotatable bonds is 2. The van der Waals surface area contributed by atoms with Crippen molar-refractivity contribution in [2.24, 2.45) is 0 Å². The van der Waals surface area contributed by atoms with E-state index in [4.69, 9.17) is 9.62 Å². The van der Waals surface area contributed by atoms with Crippen LogP contribution in [0.1, 0.15) is 5.76 Å². The van der Waals surface area contributed by atoms with Gasteiger partial charge in [-0.25, -0.2) is 0 Å². The fraction of sp³-hybridized carbons (Fsp3) is 0.125. The summed E-state index contributed by atoms with van der Waals surface area (Å²) in [5.41, 5.74) is 3.57. The highest BCUT2D eigenvalue weighted by molar-refractivity contribution is 5.72. The average Bonchev–Trinajstić information content (AvgIpc) is 2.47. The molecule has 0 amide bonds. The average molecular weight is 164 g/mol. The zero-order chi connectivity index (χ0) is 8.39. The first-order valence-electron chi connectivity index (χ1n) is 3.60. The van der Waals surface area contributed by atoms with Crippen molar-refractivity contribution < 1.29 is 9.62 Å². The summed E-state index contributed by atoms with van der Waals surface area (Å²) < 4.78 is 5.32. The van der Waals surface area contributed by atoms with Gasteiger partial charge in [0.15, 0.2) is 5.58 Å². The van der Waals surface area contributed by atoms with Gasteiger partial charge in [-0.05, 0) is 12.1 Å². The van der Waals surface area contributed by atoms with E-state index in [0.717, 1.165) is 11.1 Å². The summed E-state index contributed by atoms with van der Waals surface area (Å²) in [6.45, 7) is 0.302. The van der Waals surface area contributed by atoms with Crippen molar-refractivity contribution in [3.8, 4) is 0 Å². The smallest absolute Gasteiger partial charge is 0.152 e. The molecule has 0 saturated carbocycles. The Bertz CT molecular complexity index is 350. The molecule has 0 bridgehead atoms. The Labute approximate surface area is 68.8 Å². The normalized spacial score (nSPS) is 10.8. The number of hydrogen-bond acceptors (Lipinski definition) is 4. The minimum atomic E-state index is 0.302. The SMILES string of the molecule is ONCc1cc2ncccc2o1. The van der Waals surface area contributed by atoms with Crippen LogP contribution in [0, 0.1) is 0 Å². The predicted molar refractivity (Wildman–Crippen MR) is 42.6 cm³/mol. The zero-order valence-electron chi connectivity index (χ0n) is 6.32. The van der Waals surface area contributed by atoms with Crippen molar-refractivity contribution in [2.45, 2.75) is 6.54 Å². The van der Waals surface area contributed by atoms with E-state index in [9.17, 15) is 0 Å². The zero-order valence-corrected chi connectivity index (χ0v) is 6.32. The van der Waals surface area contributed by atoms with Crippen LogP contribution in [0.5, 0.6) is 0 Å². The molecule has 0 atom stereocenters. The lowest BCUT2D eigenvalue weighted by Crippen LogP contribution is -2.04. The van der Waals surface area contributed by atoms with Crippen LogP contribution in [-0.4, -0.2) is 10.2 Å². The Morgan fingerprint density at radius 2 is 2.50 bits per heavy atom. The number of aromatic nitrogens is 1. The molecule has 4 heteroatoms. The Balaban J connectivity index is 2.47. The van der Waals surface area contributed by atoms with E-state index >= 15 is 0 Å². The number of hydroxylamine groups is 1. The molecule has 0 radical (unpaired) electrons. The Morgan fingerprint density at radius 1 is 1.58 bits per heavy atom. The molecule has 0 saturated heterocycles. The van der Waals surface area contributed by atoms with Crippen LogP contribution in [0.3, 0.4) is 0 Å². The predicted octanol–water partition coefficient (Wildman–Crippen LogP) is 1.31. The molecule has 0 unspecified atom stereocenters. The standard InChI is InChI=1S/C8H8N2O2/c11-10-5-6-4-7-8(12-6)2-1-3-9-7/h1-4,10-11H,5H2. The van der Waals surface area contributed by atoms with E-state index in [1.807, 2.05) is 17.6 Å². The largest absolute Gasteiger partial charge is 0.458 e. The van der Waals surface area contributed by atoms with Crippen LogP contribution < -0.4 is 5.48 Å². The van der Waals surface area contributed by atoms with E-state index in [1.54, 1.807) is 12.3 Å². The first kappa shape index (κ1) is 7.27. The minimum Gasteiger partial charge on any atom is -0.458 e. The first-order valence-corrected chi connectivity index (χ1v) is 3.60. The van der Waals surface area contributed by atoms with Gasteiger partial charge >= 0.3 is 0 Å². The lowest BCUT2D eigenvalue weighted by Gasteiger charge is -1.88. The van der Waals surface area contributed by atoms with Crippen LogP contribution in [0.2, 0.25) is 0 Å². The third-order valence-electron chi connectivity index (χ3n) is 1.59. The second kappa shape index (κ2) is 2.92. The van der Waals surface area contributed by atoms with Crippen LogP contribution in [0.25, 0.3) is 11.1 Å². The lowest BCUT2D eigenvalue weighted by molar-refractivity contribution is 0.154. The van der Waals surface area contributed by atoms with Gasteiger partial charge in [-0.1, -0.05) is 0 Å². The number of furan rings is 1. The third kappa shape index (κ3) is 1.17. The molecule has 2 heterocycles. The highest BCUT2D eigenvalue weighted by Gasteiger charge is 2.01. The molecule has 0 aliphatic carbocycles. The van der Waals surface area contributed by atoms with Gasteiger partial charge in [0, 0.05) is 12.3 Å². The minimum absolute atomic E-state index is 0.302. The number of nitrogens with zero attached hydrogens (tertiary/aromatic N) is 1. The molecule has 12 heavy (non-hydrogen) atoms. The maximum Gasteiger partial charge on any atom is 0.152 e. The summed E-state index contributed by atoms with van der Waals surface area (Å²) in [6.07, 6.45) is 1.70. The van der Waals surface area contributed by atoms with E-state index < -0.39 is 0 Å². The van der Waals surface area contributed by atoms with Crippen molar-refractivity contribution in [3.63, 3.8) is 0 Å². The van der Waals surface area contributed by atoms with E-state index in [2.05, 4.69) is 4.98 Å². The summed E-state index contributed by atoms with van der Waals surface area (Å²) in [7, 11) is 0. The van der Waals surface area contributed by atoms with Crippen LogP contribution in [-0.2, 0) is 6.54 Å². The van der Waals surface area contributed by atoms with Crippen LogP contribution in [0.4, 0.5) is 0 Å². The molecule has 2 aromatic rings. The Morgan fingerprint density at radius 3 is 3.25 bits per heavy atom. The van der Waals surface area contributed by atoms with Gasteiger partial charge in [-0.3, -0.25) is 4.98 Å². The summed E-state index contributed by atoms with van der Waals surface area (Å²) in [5, 5.41) is 8.41. The van der Waals surface area contributed by atoms with E-state index in [0.29, 0.717) is 12.3 Å². The summed E-state index contributed by atoms with van der Waals surface area (Å²) in [5.74, 6) is 0.672. The van der Waals surface area contributed by atoms with E-state index in [1.165, 1.54) is 0 Å². The number of pyridine rings is 1. The van der Waals surface area contributed by atoms with Crippen LogP contribution >= 0.6 is 0 Å². The van der Waals surface area contributed by atoms with E-state index in [-0.39, 0.29) is 0 Å². The summed E-state index contributed by atoms with van der Waals surface area (Å²) in [6, 6.07) is 5.43. The Hall–Kier alpha value is -1.39. The monoisotopic (exact) mass is 164 g/mol. The Kier molecular flexibility index (Phi) is 1.77. The van der Waals surface area contributed by atoms with Crippen molar-refractivity contribution in [2.75, 3.05) is 0 Å². The van der Waals surface area contributed by atoms with Gasteiger partial charge in [0.1, 0.15) is 11.3 Å². The first-order chi connectivity index (χ1) is 5.90. The van der Waals surface area contributed by atoms with Crippen molar-refractivity contribution in [1.29, 1.82) is 0 Å². The van der Waals surface area contributed by atoms with Crippen molar-refractivity contribution in [3.05, 3.63) is 30.2 Å². The molecule has 0 aliphatic heterocycles. The fourth-order valence-electron chi connectivity index (χ4n) is 1.09. The van der Waals surface area contributed by atoms with Gasteiger partial charge in [-0.2, -0.15) is 5.48 Å². The van der Waals surface area contributed by atoms with Gasteiger partial charge < -0.3 is 9.62 Å². The third-order valence-corrected chi connectivity index (χ3v) is 1.59. The van der Waals surface area contributed by atoms with Gasteiger partial charge in [-0.15, -0.1) is 0 Å². The van der Waals surface area contributed by atoms with Gasteiger partial charge in [0.2, 0.25) is 0 Å². The molecule has 62 valence electrons. The fourth-order valence-corrected chi connectivity index (χ4v) is 1.09. The molecular weight excluding hydrogens is 156 g/mol. The maximum absolute atomic E-state index is 8.41. The summed E-state index contributed by atoms with van der Waals surface area (Å²) >= 11 is 0. The molecule has 2 N–H and O–H groups in total. The highest BCUT2D eigenvalue weighted by Crippen LogP contribution is 2.15. The van der Waals surface area contributed by atoms with Crippen molar-refractivity contribution in [1.82, 2.24) is 10.5 Å². The molecule has 0 aromatic carbocycles. The molecule has 4 nitrogen and oxygen atoms in total. The lowest BCUT2D eigenvalue weighted by atomic mass is 10.4. The maximum atomic E-state index is 8.41. The topological polar surface area (TPSA) is 58.3 Å². The van der Waals surface area contributed by atoms with Crippen LogP contribution in [0.15, 0.2) is 28.8 Å². The number of fused-ring (bicyclic) bond motifs is 1. The van der Waals surface area contributed by atoms with Gasteiger partial charge in [0.25, 0.3) is 0 Å². The molecule has 0 aliphatic rings. The highest BCUT2D eigenvalue weighted by atomic mass is 16.5.